The fourth-order valence-electron chi connectivity index (χ4n) is 1.58. The summed E-state index contributed by atoms with van der Waals surface area (Å²) in [5.41, 5.74) is 0.788. The first-order chi connectivity index (χ1) is 8.13. The maximum Gasteiger partial charge on any atom is 0.237 e. The van der Waals surface area contributed by atoms with Crippen molar-refractivity contribution in [3.63, 3.8) is 0 Å². The third kappa shape index (κ3) is 2.13. The second kappa shape index (κ2) is 4.53. The Hall–Kier alpha value is -1.91. The van der Waals surface area contributed by atoms with Gasteiger partial charge >= 0.3 is 0 Å². The Balaban J connectivity index is 2.28. The molecule has 0 aromatic carbocycles. The maximum atomic E-state index is 11.5. The molecule has 0 radical (unpaired) electrons. The average molecular weight is 234 g/mol. The maximum absolute atomic E-state index is 11.5. The van der Waals surface area contributed by atoms with Gasteiger partial charge in [0.25, 0.3) is 0 Å². The van der Waals surface area contributed by atoms with Crippen LogP contribution in [0.3, 0.4) is 0 Å². The lowest BCUT2D eigenvalue weighted by atomic mass is 10.1. The SMILES string of the molecule is CCC(=O)C(C)c1nc(-c2ccoc2C)no1. The van der Waals surface area contributed by atoms with E-state index in [0.29, 0.717) is 18.1 Å². The predicted molar refractivity (Wildman–Crippen MR) is 60.5 cm³/mol. The Bertz CT molecular complexity index is 527. The normalized spacial score (nSPS) is 12.6. The fourth-order valence-corrected chi connectivity index (χ4v) is 1.58. The molecule has 2 aromatic rings. The van der Waals surface area contributed by atoms with Crippen molar-refractivity contribution in [3.8, 4) is 11.4 Å². The highest BCUT2D eigenvalue weighted by Crippen LogP contribution is 2.24. The lowest BCUT2D eigenvalue weighted by Gasteiger charge is -2.01. The Labute approximate surface area is 98.8 Å². The van der Waals surface area contributed by atoms with E-state index in [1.54, 1.807) is 19.3 Å². The number of aromatic nitrogens is 2. The molecule has 0 aliphatic heterocycles. The highest BCUT2D eigenvalue weighted by molar-refractivity contribution is 5.84. The molecule has 5 heteroatoms. The zero-order valence-corrected chi connectivity index (χ0v) is 10.1. The lowest BCUT2D eigenvalue weighted by Crippen LogP contribution is -2.07. The summed E-state index contributed by atoms with van der Waals surface area (Å²) in [5.74, 6) is 1.28. The third-order valence-electron chi connectivity index (χ3n) is 2.74. The Morgan fingerprint density at radius 2 is 2.29 bits per heavy atom. The molecule has 2 aromatic heterocycles. The summed E-state index contributed by atoms with van der Waals surface area (Å²) in [4.78, 5) is 15.8. The van der Waals surface area contributed by atoms with Crippen LogP contribution < -0.4 is 0 Å². The number of aryl methyl sites for hydroxylation is 1. The van der Waals surface area contributed by atoms with Crippen LogP contribution in [0.25, 0.3) is 11.4 Å². The molecule has 0 saturated carbocycles. The molecule has 5 nitrogen and oxygen atoms in total. The number of hydrogen-bond donors (Lipinski definition) is 0. The molecule has 0 spiro atoms. The van der Waals surface area contributed by atoms with Gasteiger partial charge in [0.1, 0.15) is 11.5 Å². The quantitative estimate of drug-likeness (QED) is 0.813. The Kier molecular flexibility index (Phi) is 3.08. The predicted octanol–water partition coefficient (Wildman–Crippen LogP) is 2.72. The van der Waals surface area contributed by atoms with Crippen LogP contribution in [-0.2, 0) is 4.79 Å². The summed E-state index contributed by atoms with van der Waals surface area (Å²) in [6.07, 6.45) is 2.03. The van der Waals surface area contributed by atoms with E-state index in [4.69, 9.17) is 8.94 Å². The summed E-state index contributed by atoms with van der Waals surface area (Å²) < 4.78 is 10.3. The van der Waals surface area contributed by atoms with Crippen molar-refractivity contribution < 1.29 is 13.7 Å². The lowest BCUT2D eigenvalue weighted by molar-refractivity contribution is -0.120. The number of carbonyl (C=O) groups is 1. The number of hydrogen-bond acceptors (Lipinski definition) is 5. The summed E-state index contributed by atoms with van der Waals surface area (Å²) in [7, 11) is 0. The largest absolute Gasteiger partial charge is 0.469 e. The second-order valence-electron chi connectivity index (χ2n) is 3.89. The Morgan fingerprint density at radius 3 is 2.88 bits per heavy atom. The van der Waals surface area contributed by atoms with Crippen LogP contribution in [0.15, 0.2) is 21.3 Å². The number of ketones is 1. The van der Waals surface area contributed by atoms with E-state index in [2.05, 4.69) is 10.1 Å². The first-order valence-electron chi connectivity index (χ1n) is 5.54. The van der Waals surface area contributed by atoms with E-state index in [1.807, 2.05) is 13.8 Å². The van der Waals surface area contributed by atoms with E-state index in [-0.39, 0.29) is 11.7 Å². The van der Waals surface area contributed by atoms with Crippen molar-refractivity contribution in [2.45, 2.75) is 33.1 Å². The van der Waals surface area contributed by atoms with Gasteiger partial charge in [-0.2, -0.15) is 4.98 Å². The molecule has 0 saturated heterocycles. The van der Waals surface area contributed by atoms with E-state index in [9.17, 15) is 4.79 Å². The van der Waals surface area contributed by atoms with Crippen molar-refractivity contribution in [3.05, 3.63) is 24.0 Å². The van der Waals surface area contributed by atoms with Crippen molar-refractivity contribution >= 4 is 5.78 Å². The number of rotatable bonds is 4. The summed E-state index contributed by atoms with van der Waals surface area (Å²) in [6.45, 7) is 5.41. The molecule has 2 rings (SSSR count). The van der Waals surface area contributed by atoms with E-state index >= 15 is 0 Å². The van der Waals surface area contributed by atoms with Crippen LogP contribution in [-0.4, -0.2) is 15.9 Å². The summed E-state index contributed by atoms with van der Waals surface area (Å²) in [5, 5.41) is 3.86. The van der Waals surface area contributed by atoms with Crippen molar-refractivity contribution in [1.82, 2.24) is 10.1 Å². The molecule has 0 N–H and O–H groups in total. The molecule has 2 heterocycles. The average Bonchev–Trinajstić information content (AvgIpc) is 2.95. The van der Waals surface area contributed by atoms with Crippen LogP contribution in [0.2, 0.25) is 0 Å². The van der Waals surface area contributed by atoms with Gasteiger partial charge in [-0.15, -0.1) is 0 Å². The molecule has 1 unspecified atom stereocenters. The van der Waals surface area contributed by atoms with Gasteiger partial charge in [-0.3, -0.25) is 4.79 Å². The minimum Gasteiger partial charge on any atom is -0.469 e. The van der Waals surface area contributed by atoms with Crippen molar-refractivity contribution in [1.29, 1.82) is 0 Å². The van der Waals surface area contributed by atoms with Gasteiger partial charge < -0.3 is 8.94 Å². The zero-order chi connectivity index (χ0) is 12.4. The van der Waals surface area contributed by atoms with Gasteiger partial charge in [-0.25, -0.2) is 0 Å². The topological polar surface area (TPSA) is 69.1 Å². The van der Waals surface area contributed by atoms with Gasteiger partial charge in [-0.1, -0.05) is 12.1 Å². The molecule has 0 bridgehead atoms. The molecule has 1 atom stereocenters. The molecule has 90 valence electrons. The zero-order valence-electron chi connectivity index (χ0n) is 10.1. The Morgan fingerprint density at radius 1 is 1.53 bits per heavy atom. The number of carbonyl (C=O) groups excluding carboxylic acids is 1. The fraction of sp³-hybridized carbons (Fsp3) is 0.417. The molecule has 0 aliphatic carbocycles. The first kappa shape index (κ1) is 11.6. The third-order valence-corrected chi connectivity index (χ3v) is 2.74. The second-order valence-corrected chi connectivity index (χ2v) is 3.89. The number of Topliss-reactive ketones (excluding diaryl/α,β-unsaturated/α-hetero) is 1. The van der Waals surface area contributed by atoms with Gasteiger partial charge in [0.2, 0.25) is 11.7 Å². The minimum atomic E-state index is -0.353. The number of furan rings is 1. The van der Waals surface area contributed by atoms with Gasteiger partial charge in [0.15, 0.2) is 0 Å². The highest BCUT2D eigenvalue weighted by Gasteiger charge is 2.21. The van der Waals surface area contributed by atoms with E-state index in [1.165, 1.54) is 0 Å². The monoisotopic (exact) mass is 234 g/mol. The van der Waals surface area contributed by atoms with Gasteiger partial charge in [0, 0.05) is 6.42 Å². The van der Waals surface area contributed by atoms with E-state index < -0.39 is 0 Å². The smallest absolute Gasteiger partial charge is 0.237 e. The van der Waals surface area contributed by atoms with Crippen LogP contribution in [0.4, 0.5) is 0 Å². The minimum absolute atomic E-state index is 0.0871. The summed E-state index contributed by atoms with van der Waals surface area (Å²) in [6, 6.07) is 1.77. The summed E-state index contributed by atoms with van der Waals surface area (Å²) >= 11 is 0. The molecule has 0 fully saturated rings. The van der Waals surface area contributed by atoms with E-state index in [0.717, 1.165) is 11.3 Å². The van der Waals surface area contributed by atoms with Crippen molar-refractivity contribution in [2.24, 2.45) is 0 Å². The van der Waals surface area contributed by atoms with Crippen LogP contribution in [0.1, 0.15) is 37.8 Å². The standard InChI is InChI=1S/C12H14N2O3/c1-4-10(15)7(2)12-13-11(14-17-12)9-5-6-16-8(9)3/h5-7H,4H2,1-3H3. The first-order valence-corrected chi connectivity index (χ1v) is 5.54. The number of nitrogens with zero attached hydrogens (tertiary/aromatic N) is 2. The van der Waals surface area contributed by atoms with Gasteiger partial charge in [0.05, 0.1) is 17.7 Å². The molecular weight excluding hydrogens is 220 g/mol. The molecule has 17 heavy (non-hydrogen) atoms. The molecule has 0 aliphatic rings. The van der Waals surface area contributed by atoms with Gasteiger partial charge in [-0.05, 0) is 19.9 Å². The highest BCUT2D eigenvalue weighted by atomic mass is 16.5. The van der Waals surface area contributed by atoms with Crippen LogP contribution in [0.5, 0.6) is 0 Å². The molecule has 0 amide bonds. The van der Waals surface area contributed by atoms with Crippen LogP contribution in [0, 0.1) is 6.92 Å². The van der Waals surface area contributed by atoms with Crippen molar-refractivity contribution in [2.75, 3.05) is 0 Å². The van der Waals surface area contributed by atoms with Crippen LogP contribution >= 0.6 is 0 Å². The molecular formula is C12H14N2O3.